The Labute approximate surface area is 182 Å². The fourth-order valence-corrected chi connectivity index (χ4v) is 5.31. The standard InChI is InChI=1S/C21H23ClO7S/c1-10-18(25)19(26)20(27)21(29-10)15-7-11(16(22)8-12(15)9-28-21)6-14-3-2-13(30-14)4-5-17(23)24/h2-3,7-8,10,18-20,25-27H,4-6,9H2,1H3,(H,23,24)/t10-,18-,19+,20-,21+/m1/s1. The summed E-state index contributed by atoms with van der Waals surface area (Å²) in [5, 5.41) is 40.4. The third-order valence-electron chi connectivity index (χ3n) is 5.66. The Bertz CT molecular complexity index is 961. The average Bonchev–Trinajstić information content (AvgIpc) is 3.29. The number of aliphatic carboxylic acids is 1. The number of halogens is 1. The summed E-state index contributed by atoms with van der Waals surface area (Å²) in [5.74, 6) is -2.39. The molecule has 1 aromatic carbocycles. The van der Waals surface area contributed by atoms with E-state index in [1.165, 1.54) is 11.3 Å². The van der Waals surface area contributed by atoms with Crippen LogP contribution >= 0.6 is 22.9 Å². The topological polar surface area (TPSA) is 116 Å². The van der Waals surface area contributed by atoms with Crippen molar-refractivity contribution >= 4 is 28.9 Å². The second-order valence-corrected chi connectivity index (χ2v) is 9.40. The highest BCUT2D eigenvalue weighted by Crippen LogP contribution is 2.47. The maximum Gasteiger partial charge on any atom is 0.303 e. The minimum Gasteiger partial charge on any atom is -0.481 e. The van der Waals surface area contributed by atoms with Crippen LogP contribution < -0.4 is 0 Å². The van der Waals surface area contributed by atoms with Crippen molar-refractivity contribution in [2.24, 2.45) is 0 Å². The number of ether oxygens (including phenoxy) is 2. The molecule has 4 rings (SSSR count). The summed E-state index contributed by atoms with van der Waals surface area (Å²) in [4.78, 5) is 12.8. The molecule has 0 unspecified atom stereocenters. The number of aryl methyl sites for hydroxylation is 1. The van der Waals surface area contributed by atoms with Crippen LogP contribution in [-0.4, -0.2) is 50.8 Å². The van der Waals surface area contributed by atoms with Crippen molar-refractivity contribution in [3.05, 3.63) is 55.7 Å². The smallest absolute Gasteiger partial charge is 0.303 e. The number of fused-ring (bicyclic) bond motifs is 2. The molecule has 5 atom stereocenters. The molecule has 2 aromatic rings. The van der Waals surface area contributed by atoms with Gasteiger partial charge in [-0.15, -0.1) is 11.3 Å². The summed E-state index contributed by atoms with van der Waals surface area (Å²) < 4.78 is 11.7. The van der Waals surface area contributed by atoms with Crippen LogP contribution in [0.2, 0.25) is 5.02 Å². The number of rotatable bonds is 5. The molecule has 1 fully saturated rings. The first-order valence-corrected chi connectivity index (χ1v) is 10.9. The molecule has 9 heteroatoms. The van der Waals surface area contributed by atoms with Crippen LogP contribution in [0.25, 0.3) is 0 Å². The van der Waals surface area contributed by atoms with Crippen LogP contribution in [-0.2, 0) is 39.5 Å². The van der Waals surface area contributed by atoms with Gasteiger partial charge >= 0.3 is 5.97 Å². The summed E-state index contributed by atoms with van der Waals surface area (Å²) in [6, 6.07) is 7.47. The van der Waals surface area contributed by atoms with E-state index in [9.17, 15) is 20.1 Å². The number of hydrogen-bond acceptors (Lipinski definition) is 7. The first kappa shape index (κ1) is 21.7. The van der Waals surface area contributed by atoms with E-state index in [1.54, 1.807) is 13.0 Å². The Kier molecular flexibility index (Phi) is 5.93. The summed E-state index contributed by atoms with van der Waals surface area (Å²) in [5.41, 5.74) is 2.15. The monoisotopic (exact) mass is 454 g/mol. The summed E-state index contributed by atoms with van der Waals surface area (Å²) >= 11 is 8.02. The number of aliphatic hydroxyl groups excluding tert-OH is 3. The molecule has 1 saturated heterocycles. The zero-order valence-electron chi connectivity index (χ0n) is 16.2. The van der Waals surface area contributed by atoms with E-state index in [4.69, 9.17) is 26.2 Å². The molecular weight excluding hydrogens is 432 g/mol. The number of carboxylic acid groups (broad SMARTS) is 1. The maximum absolute atomic E-state index is 10.8. The van der Waals surface area contributed by atoms with E-state index in [2.05, 4.69) is 0 Å². The van der Waals surface area contributed by atoms with E-state index in [-0.39, 0.29) is 13.0 Å². The number of hydrogen-bond donors (Lipinski definition) is 4. The highest BCUT2D eigenvalue weighted by molar-refractivity contribution is 7.12. The lowest BCUT2D eigenvalue weighted by molar-refractivity contribution is -0.362. The highest BCUT2D eigenvalue weighted by Gasteiger charge is 2.57. The van der Waals surface area contributed by atoms with Gasteiger partial charge in [0.1, 0.15) is 18.3 Å². The molecule has 7 nitrogen and oxygen atoms in total. The average molecular weight is 455 g/mol. The largest absolute Gasteiger partial charge is 0.481 e. The summed E-state index contributed by atoms with van der Waals surface area (Å²) in [7, 11) is 0. The lowest BCUT2D eigenvalue weighted by Gasteiger charge is -2.45. The highest BCUT2D eigenvalue weighted by atomic mass is 35.5. The molecular formula is C21H23ClO7S. The van der Waals surface area contributed by atoms with Gasteiger partial charge < -0.3 is 29.9 Å². The number of benzene rings is 1. The Hall–Kier alpha value is -1.52. The molecule has 0 radical (unpaired) electrons. The van der Waals surface area contributed by atoms with Gasteiger partial charge in [-0.05, 0) is 48.7 Å². The van der Waals surface area contributed by atoms with Crippen molar-refractivity contribution in [2.75, 3.05) is 0 Å². The van der Waals surface area contributed by atoms with Crippen molar-refractivity contribution in [1.29, 1.82) is 0 Å². The molecule has 0 aliphatic carbocycles. The van der Waals surface area contributed by atoms with Gasteiger partial charge in [-0.1, -0.05) is 11.6 Å². The van der Waals surface area contributed by atoms with Gasteiger partial charge in [0.15, 0.2) is 0 Å². The van der Waals surface area contributed by atoms with Gasteiger partial charge in [0, 0.05) is 26.8 Å². The lowest BCUT2D eigenvalue weighted by Crippen LogP contribution is -2.62. The van der Waals surface area contributed by atoms with Crippen LogP contribution in [0.3, 0.4) is 0 Å². The fourth-order valence-electron chi connectivity index (χ4n) is 4.02. The van der Waals surface area contributed by atoms with Crippen LogP contribution in [0.5, 0.6) is 0 Å². The SMILES string of the molecule is C[C@H]1O[C@]2(OCc3cc(Cl)c(Cc4ccc(CCC(=O)O)s4)cc32)[C@H](O)[C@@H](O)[C@@H]1O. The van der Waals surface area contributed by atoms with Crippen molar-refractivity contribution in [2.45, 2.75) is 63.0 Å². The van der Waals surface area contributed by atoms with Crippen LogP contribution in [0.4, 0.5) is 0 Å². The number of carboxylic acids is 1. The van der Waals surface area contributed by atoms with Gasteiger partial charge in [-0.3, -0.25) is 4.79 Å². The molecule has 4 N–H and O–H groups in total. The summed E-state index contributed by atoms with van der Waals surface area (Å²) in [6.07, 6.45) is -3.73. The molecule has 3 heterocycles. The third kappa shape index (κ3) is 3.78. The predicted octanol–water partition coefficient (Wildman–Crippen LogP) is 2.19. The predicted molar refractivity (Wildman–Crippen MR) is 110 cm³/mol. The Morgan fingerprint density at radius 1 is 1.23 bits per heavy atom. The van der Waals surface area contributed by atoms with Gasteiger partial charge in [0.2, 0.25) is 5.79 Å². The molecule has 1 aromatic heterocycles. The van der Waals surface area contributed by atoms with Gasteiger partial charge in [0.05, 0.1) is 19.1 Å². The van der Waals surface area contributed by atoms with Crippen molar-refractivity contribution < 1.29 is 34.7 Å². The molecule has 0 amide bonds. The lowest BCUT2D eigenvalue weighted by atomic mass is 9.87. The molecule has 2 aliphatic rings. The Balaban J connectivity index is 1.62. The summed E-state index contributed by atoms with van der Waals surface area (Å²) in [6.45, 7) is 1.78. The van der Waals surface area contributed by atoms with Crippen LogP contribution in [0.15, 0.2) is 24.3 Å². The normalized spacial score (nSPS) is 30.6. The Morgan fingerprint density at radius 2 is 1.97 bits per heavy atom. The second-order valence-electron chi connectivity index (χ2n) is 7.74. The number of aliphatic hydroxyl groups is 3. The van der Waals surface area contributed by atoms with E-state index in [0.29, 0.717) is 23.4 Å². The molecule has 30 heavy (non-hydrogen) atoms. The van der Waals surface area contributed by atoms with E-state index >= 15 is 0 Å². The quantitative estimate of drug-likeness (QED) is 0.547. The minimum absolute atomic E-state index is 0.0843. The molecule has 0 saturated carbocycles. The van der Waals surface area contributed by atoms with E-state index in [0.717, 1.165) is 20.9 Å². The number of carbonyl (C=O) groups is 1. The van der Waals surface area contributed by atoms with Gasteiger partial charge in [-0.2, -0.15) is 0 Å². The van der Waals surface area contributed by atoms with E-state index in [1.807, 2.05) is 18.2 Å². The molecule has 2 aliphatic heterocycles. The molecule has 0 bridgehead atoms. The van der Waals surface area contributed by atoms with Crippen molar-refractivity contribution in [1.82, 2.24) is 0 Å². The second kappa shape index (κ2) is 8.20. The first-order valence-electron chi connectivity index (χ1n) is 9.68. The molecule has 1 spiro atoms. The maximum atomic E-state index is 10.8. The Morgan fingerprint density at radius 3 is 2.70 bits per heavy atom. The zero-order chi connectivity index (χ0) is 21.6. The zero-order valence-corrected chi connectivity index (χ0v) is 17.8. The number of thiophene rings is 1. The van der Waals surface area contributed by atoms with E-state index < -0.39 is 36.2 Å². The fraction of sp³-hybridized carbons (Fsp3) is 0.476. The van der Waals surface area contributed by atoms with Gasteiger partial charge in [-0.25, -0.2) is 0 Å². The minimum atomic E-state index is -1.56. The third-order valence-corrected chi connectivity index (χ3v) is 7.16. The van der Waals surface area contributed by atoms with Crippen LogP contribution in [0, 0.1) is 0 Å². The molecule has 162 valence electrons. The first-order chi connectivity index (χ1) is 14.2. The van der Waals surface area contributed by atoms with Crippen molar-refractivity contribution in [3.63, 3.8) is 0 Å². The van der Waals surface area contributed by atoms with Crippen LogP contribution in [0.1, 0.15) is 39.8 Å². The van der Waals surface area contributed by atoms with Gasteiger partial charge in [0.25, 0.3) is 0 Å². The van der Waals surface area contributed by atoms with Crippen molar-refractivity contribution in [3.8, 4) is 0 Å².